The molecule has 0 N–H and O–H groups in total. The highest BCUT2D eigenvalue weighted by atomic mass is 79.9. The highest BCUT2D eigenvalue weighted by Gasteiger charge is 2.07. The van der Waals surface area contributed by atoms with Crippen LogP contribution in [0.2, 0.25) is 5.02 Å². The van der Waals surface area contributed by atoms with Crippen LogP contribution in [0.15, 0.2) is 47.3 Å². The van der Waals surface area contributed by atoms with E-state index in [1.807, 2.05) is 40.9 Å². The van der Waals surface area contributed by atoms with Crippen LogP contribution in [0.5, 0.6) is 0 Å². The van der Waals surface area contributed by atoms with Crippen molar-refractivity contribution in [2.45, 2.75) is 0 Å². The predicted octanol–water partition coefficient (Wildman–Crippen LogP) is 3.81. The van der Waals surface area contributed by atoms with E-state index in [0.29, 0.717) is 5.02 Å². The summed E-state index contributed by atoms with van der Waals surface area (Å²) in [6.45, 7) is 0. The van der Waals surface area contributed by atoms with Gasteiger partial charge in [-0.1, -0.05) is 17.7 Å². The van der Waals surface area contributed by atoms with Gasteiger partial charge in [0.25, 0.3) is 0 Å². The number of rotatable bonds is 1. The lowest BCUT2D eigenvalue weighted by Crippen LogP contribution is -1.90. The summed E-state index contributed by atoms with van der Waals surface area (Å²) in [6, 6.07) is 9.44. The van der Waals surface area contributed by atoms with Crippen LogP contribution in [-0.4, -0.2) is 14.4 Å². The first kappa shape index (κ1) is 10.7. The van der Waals surface area contributed by atoms with E-state index in [1.165, 1.54) is 0 Å². The molecule has 0 aromatic carbocycles. The second kappa shape index (κ2) is 4.13. The first-order chi connectivity index (χ1) is 8.24. The molecule has 0 amide bonds. The molecule has 0 spiro atoms. The van der Waals surface area contributed by atoms with Crippen LogP contribution in [0.25, 0.3) is 17.0 Å². The van der Waals surface area contributed by atoms with Gasteiger partial charge in [-0.3, -0.25) is 4.40 Å². The lowest BCUT2D eigenvalue weighted by Gasteiger charge is -2.01. The first-order valence-corrected chi connectivity index (χ1v) is 6.17. The third-order valence-electron chi connectivity index (χ3n) is 2.45. The molecule has 0 aliphatic rings. The molecule has 84 valence electrons. The molecule has 17 heavy (non-hydrogen) atoms. The van der Waals surface area contributed by atoms with Gasteiger partial charge in [-0.15, -0.1) is 0 Å². The second-order valence-corrected chi connectivity index (χ2v) is 4.81. The maximum absolute atomic E-state index is 5.92. The standard InChI is InChI=1S/C12H7BrClN3/c13-11-3-1-2-9(16-11)10-7-15-12-6-8(14)4-5-17(10)12/h1-7H. The molecule has 3 heterocycles. The number of aromatic nitrogens is 3. The minimum atomic E-state index is 0.678. The van der Waals surface area contributed by atoms with E-state index in [9.17, 15) is 0 Å². The Labute approximate surface area is 111 Å². The maximum atomic E-state index is 5.92. The summed E-state index contributed by atoms with van der Waals surface area (Å²) in [5.41, 5.74) is 2.63. The first-order valence-electron chi connectivity index (χ1n) is 4.99. The van der Waals surface area contributed by atoms with Crippen molar-refractivity contribution in [3.8, 4) is 11.4 Å². The minimum Gasteiger partial charge on any atom is -0.298 e. The van der Waals surface area contributed by atoms with E-state index in [4.69, 9.17) is 11.6 Å². The van der Waals surface area contributed by atoms with E-state index >= 15 is 0 Å². The minimum absolute atomic E-state index is 0.678. The van der Waals surface area contributed by atoms with Crippen molar-refractivity contribution in [3.63, 3.8) is 0 Å². The Kier molecular flexibility index (Phi) is 2.61. The van der Waals surface area contributed by atoms with Crippen molar-refractivity contribution in [2.75, 3.05) is 0 Å². The summed E-state index contributed by atoms with van der Waals surface area (Å²) < 4.78 is 2.76. The van der Waals surface area contributed by atoms with Crippen molar-refractivity contribution in [1.82, 2.24) is 14.4 Å². The highest BCUT2D eigenvalue weighted by Crippen LogP contribution is 2.22. The van der Waals surface area contributed by atoms with Gasteiger partial charge in [-0.25, -0.2) is 9.97 Å². The maximum Gasteiger partial charge on any atom is 0.138 e. The van der Waals surface area contributed by atoms with E-state index in [0.717, 1.165) is 21.6 Å². The van der Waals surface area contributed by atoms with E-state index in [2.05, 4.69) is 25.9 Å². The van der Waals surface area contributed by atoms with Gasteiger partial charge in [0.15, 0.2) is 0 Å². The molecule has 0 atom stereocenters. The van der Waals surface area contributed by atoms with Crippen LogP contribution >= 0.6 is 27.5 Å². The summed E-state index contributed by atoms with van der Waals surface area (Å²) in [5.74, 6) is 0. The van der Waals surface area contributed by atoms with Crippen LogP contribution in [0, 0.1) is 0 Å². The molecule has 3 aromatic heterocycles. The number of hydrogen-bond donors (Lipinski definition) is 0. The van der Waals surface area contributed by atoms with Crippen molar-refractivity contribution in [2.24, 2.45) is 0 Å². The second-order valence-electron chi connectivity index (χ2n) is 3.56. The molecule has 0 bridgehead atoms. The molecule has 0 saturated heterocycles. The van der Waals surface area contributed by atoms with Gasteiger partial charge in [0.1, 0.15) is 10.3 Å². The topological polar surface area (TPSA) is 30.2 Å². The van der Waals surface area contributed by atoms with Gasteiger partial charge in [0, 0.05) is 17.3 Å². The molecule has 3 rings (SSSR count). The molecule has 0 radical (unpaired) electrons. The smallest absolute Gasteiger partial charge is 0.138 e. The average Bonchev–Trinajstić information content (AvgIpc) is 2.71. The Morgan fingerprint density at radius 3 is 2.94 bits per heavy atom. The molecule has 0 fully saturated rings. The van der Waals surface area contributed by atoms with E-state index in [1.54, 1.807) is 6.20 Å². The number of hydrogen-bond acceptors (Lipinski definition) is 2. The van der Waals surface area contributed by atoms with Crippen LogP contribution in [0.1, 0.15) is 0 Å². The zero-order valence-electron chi connectivity index (χ0n) is 8.64. The average molecular weight is 309 g/mol. The van der Waals surface area contributed by atoms with Crippen molar-refractivity contribution in [3.05, 3.63) is 52.4 Å². The van der Waals surface area contributed by atoms with Crippen LogP contribution in [0.3, 0.4) is 0 Å². The van der Waals surface area contributed by atoms with Gasteiger partial charge in [0.05, 0.1) is 17.6 Å². The van der Waals surface area contributed by atoms with Crippen molar-refractivity contribution >= 4 is 33.2 Å². The number of halogens is 2. The Bertz CT molecular complexity index is 693. The van der Waals surface area contributed by atoms with Crippen molar-refractivity contribution in [1.29, 1.82) is 0 Å². The Hall–Kier alpha value is -1.39. The summed E-state index contributed by atoms with van der Waals surface area (Å²) in [5, 5.41) is 0.678. The van der Waals surface area contributed by atoms with Gasteiger partial charge >= 0.3 is 0 Å². The molecule has 0 aliphatic heterocycles. The Balaban J connectivity index is 2.24. The van der Waals surface area contributed by atoms with Gasteiger partial charge < -0.3 is 0 Å². The summed E-state index contributed by atoms with van der Waals surface area (Å²) in [6.07, 6.45) is 3.68. The number of pyridine rings is 2. The van der Waals surface area contributed by atoms with Gasteiger partial charge in [-0.2, -0.15) is 0 Å². The fourth-order valence-electron chi connectivity index (χ4n) is 1.70. The number of fused-ring (bicyclic) bond motifs is 1. The molecule has 0 saturated carbocycles. The lowest BCUT2D eigenvalue weighted by atomic mass is 10.3. The number of imidazole rings is 1. The highest BCUT2D eigenvalue weighted by molar-refractivity contribution is 9.10. The molecule has 3 nitrogen and oxygen atoms in total. The van der Waals surface area contributed by atoms with E-state index in [-0.39, 0.29) is 0 Å². The zero-order chi connectivity index (χ0) is 11.8. The van der Waals surface area contributed by atoms with E-state index < -0.39 is 0 Å². The third-order valence-corrected chi connectivity index (χ3v) is 3.13. The fraction of sp³-hybridized carbons (Fsp3) is 0. The Morgan fingerprint density at radius 1 is 1.24 bits per heavy atom. The summed E-state index contributed by atoms with van der Waals surface area (Å²) >= 11 is 9.28. The zero-order valence-corrected chi connectivity index (χ0v) is 11.0. The third kappa shape index (κ3) is 1.94. The normalized spacial score (nSPS) is 10.9. The van der Waals surface area contributed by atoms with Crippen LogP contribution < -0.4 is 0 Å². The molecule has 5 heteroatoms. The fourth-order valence-corrected chi connectivity index (χ4v) is 2.19. The molecular weight excluding hydrogens is 302 g/mol. The SMILES string of the molecule is Clc1ccn2c(-c3cccc(Br)n3)cnc2c1. The molecular formula is C12H7BrClN3. The Morgan fingerprint density at radius 2 is 2.12 bits per heavy atom. The van der Waals surface area contributed by atoms with Crippen molar-refractivity contribution < 1.29 is 0 Å². The molecule has 0 aliphatic carbocycles. The van der Waals surface area contributed by atoms with Crippen LogP contribution in [-0.2, 0) is 0 Å². The van der Waals surface area contributed by atoms with Gasteiger partial charge in [-0.05, 0) is 34.1 Å². The quantitative estimate of drug-likeness (QED) is 0.640. The lowest BCUT2D eigenvalue weighted by molar-refractivity contribution is 1.16. The summed E-state index contributed by atoms with van der Waals surface area (Å²) in [7, 11) is 0. The monoisotopic (exact) mass is 307 g/mol. The molecule has 0 unspecified atom stereocenters. The predicted molar refractivity (Wildman–Crippen MR) is 71.1 cm³/mol. The largest absolute Gasteiger partial charge is 0.298 e. The molecule has 3 aromatic rings. The van der Waals surface area contributed by atoms with Gasteiger partial charge in [0.2, 0.25) is 0 Å². The summed E-state index contributed by atoms with van der Waals surface area (Å²) in [4.78, 5) is 8.72. The number of nitrogens with zero attached hydrogens (tertiary/aromatic N) is 3. The van der Waals surface area contributed by atoms with Crippen LogP contribution in [0.4, 0.5) is 0 Å².